The molecule has 46 heavy (non-hydrogen) atoms. The van der Waals surface area contributed by atoms with Crippen LogP contribution < -0.4 is 10.9 Å². The summed E-state index contributed by atoms with van der Waals surface area (Å²) in [6.45, 7) is 3.79. The Kier molecular flexibility index (Phi) is 16.8. The molecule has 0 heterocycles. The fourth-order valence-electron chi connectivity index (χ4n) is 3.27. The Labute approximate surface area is 317 Å². The molecule has 0 aromatic heterocycles. The van der Waals surface area contributed by atoms with E-state index in [1.54, 1.807) is 30.3 Å². The molecule has 0 aliphatic heterocycles. The van der Waals surface area contributed by atoms with E-state index >= 15 is 0 Å². The Morgan fingerprint density at radius 1 is 0.587 bits per heavy atom. The van der Waals surface area contributed by atoms with Crippen LogP contribution in [0, 0.1) is 13.8 Å². The molecule has 0 spiro atoms. The van der Waals surface area contributed by atoms with Crippen LogP contribution in [0.5, 0.6) is 0 Å². The normalized spacial score (nSPS) is 12.3. The van der Waals surface area contributed by atoms with Crippen LogP contribution in [-0.4, -0.2) is 22.2 Å². The first-order valence-electron chi connectivity index (χ1n) is 12.7. The molecule has 16 heteroatoms. The van der Waals surface area contributed by atoms with Gasteiger partial charge in [0.05, 0.1) is 0 Å². The van der Waals surface area contributed by atoms with E-state index in [1.807, 2.05) is 80.6 Å². The van der Waals surface area contributed by atoms with Crippen molar-refractivity contribution in [2.24, 2.45) is 10.2 Å². The number of nitrogens with one attached hydrogen (secondary N) is 2. The third-order valence-corrected chi connectivity index (χ3v) is 6.99. The number of hydrogen-bond acceptors (Lipinski definition) is 4. The van der Waals surface area contributed by atoms with Crippen LogP contribution in [-0.2, 0) is 0 Å². The van der Waals surface area contributed by atoms with Gasteiger partial charge in [0.25, 0.3) is 11.8 Å². The van der Waals surface area contributed by atoms with E-state index in [0.717, 1.165) is 31.2 Å². The molecule has 0 bridgehead atoms. The van der Waals surface area contributed by atoms with E-state index < -0.39 is 3.37 Å². The van der Waals surface area contributed by atoms with Crippen molar-refractivity contribution in [1.82, 2.24) is 10.9 Å². The molecular weight excluding hydrogens is 887 g/mol. The van der Waals surface area contributed by atoms with Crippen molar-refractivity contribution in [3.8, 4) is 0 Å². The average Bonchev–Trinajstić information content (AvgIpc) is 3.00. The summed E-state index contributed by atoms with van der Waals surface area (Å²) in [7, 11) is 0. The van der Waals surface area contributed by atoms with E-state index in [4.69, 9.17) is 79.4 Å². The molecule has 0 saturated heterocycles. The summed E-state index contributed by atoms with van der Waals surface area (Å²) in [5, 5.41) is 8.56. The molecule has 0 saturated carbocycles. The maximum atomic E-state index is 12.0. The first kappa shape index (κ1) is 40.8. The van der Waals surface area contributed by atoms with Gasteiger partial charge in [-0.25, -0.2) is 0 Å². The quantitative estimate of drug-likeness (QED) is 0.119. The van der Waals surface area contributed by atoms with Gasteiger partial charge < -0.3 is 0 Å². The number of halogens is 9. The zero-order chi connectivity index (χ0) is 34.5. The van der Waals surface area contributed by atoms with Gasteiger partial charge in [-0.15, -0.1) is 10.2 Å². The molecule has 4 aromatic carbocycles. The number of hydrazine groups is 1. The standard InChI is InChI=1S/C15H11BrCl2N2.C15H13BrN2O2.Cl5P/c1-10-7-8-12(16)9-13(10)15(18)20-19-14(17)11-5-3-2-4-6-11;1-10-7-8-12(16)9-13(10)15(20)18-17-14(19)11-5-3-2-4-6-11;1-6(2,3,4)5/h2-9H,1H3;2-9H,1H3,(H,17,19)(H,18,20);/b19-14-,20-15-;;. The van der Waals surface area contributed by atoms with E-state index in [2.05, 4.69) is 52.9 Å². The summed E-state index contributed by atoms with van der Waals surface area (Å²) in [6, 6.07) is 29.3. The minimum absolute atomic E-state index is 0.302. The molecule has 4 aromatic rings. The van der Waals surface area contributed by atoms with Crippen molar-refractivity contribution in [2.75, 3.05) is 0 Å². The molecule has 6 nitrogen and oxygen atoms in total. The minimum atomic E-state index is -3.69. The van der Waals surface area contributed by atoms with Crippen molar-refractivity contribution in [2.45, 2.75) is 13.8 Å². The van der Waals surface area contributed by atoms with Crippen LogP contribution in [0.4, 0.5) is 0 Å². The van der Waals surface area contributed by atoms with Gasteiger partial charge in [0.15, 0.2) is 10.3 Å². The number of carbonyl (C=O) groups excluding carboxylic acids is 2. The van der Waals surface area contributed by atoms with Gasteiger partial charge in [0, 0.05) is 31.2 Å². The van der Waals surface area contributed by atoms with Crippen molar-refractivity contribution in [3.05, 3.63) is 139 Å². The number of rotatable bonds is 5. The second-order valence-corrected chi connectivity index (χ2v) is 28.1. The molecule has 244 valence electrons. The fourth-order valence-corrected chi connectivity index (χ4v) is 4.40. The molecule has 0 aliphatic carbocycles. The van der Waals surface area contributed by atoms with Crippen LogP contribution in [0.1, 0.15) is 43.0 Å². The molecule has 0 radical (unpaired) electrons. The molecule has 0 atom stereocenters. The van der Waals surface area contributed by atoms with Crippen LogP contribution in [0.25, 0.3) is 0 Å². The van der Waals surface area contributed by atoms with Gasteiger partial charge >= 0.3 is 59.6 Å². The van der Waals surface area contributed by atoms with E-state index in [-0.39, 0.29) is 11.8 Å². The number of carbonyl (C=O) groups is 2. The monoisotopic (exact) mass is 906 g/mol. The number of aryl methyl sites for hydroxylation is 2. The Morgan fingerprint density at radius 2 is 0.978 bits per heavy atom. The van der Waals surface area contributed by atoms with Crippen LogP contribution >= 0.6 is 115 Å². The zero-order valence-corrected chi connectivity index (χ0v) is 33.2. The summed E-state index contributed by atoms with van der Waals surface area (Å²) in [5.74, 6) is -0.709. The number of benzene rings is 4. The summed E-state index contributed by atoms with van der Waals surface area (Å²) in [4.78, 5) is 23.8. The molecule has 0 aliphatic rings. The Balaban J connectivity index is 0.000000273. The molecule has 2 N–H and O–H groups in total. The molecule has 2 amide bonds. The zero-order valence-electron chi connectivity index (χ0n) is 23.8. The summed E-state index contributed by atoms with van der Waals surface area (Å²) >= 11 is 43.9. The topological polar surface area (TPSA) is 82.9 Å². The second kappa shape index (κ2) is 18.9. The maximum absolute atomic E-state index is 12.0. The molecule has 0 unspecified atom stereocenters. The first-order chi connectivity index (χ1) is 21.4. The van der Waals surface area contributed by atoms with E-state index in [1.165, 1.54) is 0 Å². The molecule has 4 rings (SSSR count). The number of nitrogens with zero attached hydrogens (tertiary/aromatic N) is 2. The third kappa shape index (κ3) is 16.6. The van der Waals surface area contributed by atoms with Crippen LogP contribution in [0.3, 0.4) is 0 Å². The fraction of sp³-hybridized carbons (Fsp3) is 0.0667. The first-order valence-corrected chi connectivity index (χ1v) is 21.8. The molecule has 0 fully saturated rings. The van der Waals surface area contributed by atoms with Crippen LogP contribution in [0.15, 0.2) is 116 Å². The van der Waals surface area contributed by atoms with Gasteiger partial charge in [-0.1, -0.05) is 116 Å². The number of amides is 2. The summed E-state index contributed by atoms with van der Waals surface area (Å²) < 4.78 is -1.95. The van der Waals surface area contributed by atoms with Crippen molar-refractivity contribution >= 4 is 137 Å². The number of hydrogen-bond donors (Lipinski definition) is 2. The van der Waals surface area contributed by atoms with Gasteiger partial charge in [0.2, 0.25) is 0 Å². The van der Waals surface area contributed by atoms with Gasteiger partial charge in [-0.3, -0.25) is 20.4 Å². The van der Waals surface area contributed by atoms with Crippen molar-refractivity contribution in [3.63, 3.8) is 0 Å². The van der Waals surface area contributed by atoms with Gasteiger partial charge in [-0.2, -0.15) is 0 Å². The Bertz CT molecular complexity index is 1700. The van der Waals surface area contributed by atoms with Gasteiger partial charge in [-0.05, 0) is 61.4 Å². The SMILES string of the molecule is Cc1ccc(Br)cc1/C(Cl)=N/N=C(\Cl)c1ccccc1.Cc1ccc(Br)cc1C(=O)NNC(=O)c1ccccc1.ClP(Cl)(Cl)(Cl)Cl. The summed E-state index contributed by atoms with van der Waals surface area (Å²) in [5.41, 5.74) is 9.26. The predicted molar refractivity (Wildman–Crippen MR) is 207 cm³/mol. The molecular formula is C30H24Br2Cl7N4O2P. The average molecular weight is 912 g/mol. The second-order valence-electron chi connectivity index (χ2n) is 8.98. The Hall–Kier alpha value is -1.42. The predicted octanol–water partition coefficient (Wildman–Crippen LogP) is 12.5. The van der Waals surface area contributed by atoms with Crippen molar-refractivity contribution < 1.29 is 9.59 Å². The van der Waals surface area contributed by atoms with Gasteiger partial charge in [0.1, 0.15) is 0 Å². The van der Waals surface area contributed by atoms with E-state index in [9.17, 15) is 9.59 Å². The third-order valence-electron chi connectivity index (χ3n) is 5.43. The Morgan fingerprint density at radius 3 is 1.48 bits per heavy atom. The van der Waals surface area contributed by atoms with Crippen molar-refractivity contribution in [1.29, 1.82) is 0 Å². The van der Waals surface area contributed by atoms with E-state index in [0.29, 0.717) is 21.5 Å². The summed E-state index contributed by atoms with van der Waals surface area (Å²) in [6.07, 6.45) is 0. The van der Waals surface area contributed by atoms with Crippen LogP contribution in [0.2, 0.25) is 0 Å².